The van der Waals surface area contributed by atoms with Gasteiger partial charge in [0.1, 0.15) is 5.82 Å². The molecule has 1 aromatic heterocycles. The van der Waals surface area contributed by atoms with Crippen molar-refractivity contribution in [2.24, 2.45) is 0 Å². The lowest BCUT2D eigenvalue weighted by molar-refractivity contribution is 0.102. The number of carbonyl (C=O) groups is 1. The molecule has 1 amide bonds. The highest BCUT2D eigenvalue weighted by atomic mass is 79.9. The van der Waals surface area contributed by atoms with Gasteiger partial charge in [0.05, 0.1) is 11.3 Å². The maximum atomic E-state index is 12.4. The first kappa shape index (κ1) is 16.3. The number of hydrogen-bond donors (Lipinski definition) is 2. The fraction of sp³-hybridized carbons (Fsp3) is 0.143. The molecule has 1 aromatic carbocycles. The summed E-state index contributed by atoms with van der Waals surface area (Å²) in [4.78, 5) is 16.6. The highest BCUT2D eigenvalue weighted by molar-refractivity contribution is 9.10. The van der Waals surface area contributed by atoms with Crippen molar-refractivity contribution in [2.75, 3.05) is 17.7 Å². The number of aryl methyl sites for hydroxylation is 1. The van der Waals surface area contributed by atoms with Crippen LogP contribution in [0.15, 0.2) is 33.3 Å². The summed E-state index contributed by atoms with van der Waals surface area (Å²) in [5.74, 6) is 0.235. The van der Waals surface area contributed by atoms with Crippen LogP contribution in [0.25, 0.3) is 0 Å². The molecule has 0 bridgehead atoms. The van der Waals surface area contributed by atoms with Crippen LogP contribution in [0.2, 0.25) is 5.02 Å². The highest BCUT2D eigenvalue weighted by Gasteiger charge is 2.15. The minimum Gasteiger partial charge on any atom is -0.372 e. The average molecular weight is 434 g/mol. The van der Waals surface area contributed by atoms with Gasteiger partial charge in [0.2, 0.25) is 0 Å². The third kappa shape index (κ3) is 3.75. The average Bonchev–Trinajstić information content (AvgIpc) is 2.44. The number of rotatable bonds is 3. The van der Waals surface area contributed by atoms with Crippen molar-refractivity contribution < 1.29 is 4.79 Å². The van der Waals surface area contributed by atoms with E-state index in [1.54, 1.807) is 25.4 Å². The van der Waals surface area contributed by atoms with Gasteiger partial charge in [-0.25, -0.2) is 4.98 Å². The predicted molar refractivity (Wildman–Crippen MR) is 93.3 cm³/mol. The van der Waals surface area contributed by atoms with Gasteiger partial charge in [-0.15, -0.1) is 0 Å². The summed E-state index contributed by atoms with van der Waals surface area (Å²) in [6.45, 7) is 1.90. The largest absolute Gasteiger partial charge is 0.372 e. The molecule has 2 rings (SSSR count). The molecule has 0 atom stereocenters. The summed E-state index contributed by atoms with van der Waals surface area (Å²) in [5.41, 5.74) is 1.98. The molecule has 7 heteroatoms. The molecule has 0 fully saturated rings. The summed E-state index contributed by atoms with van der Waals surface area (Å²) >= 11 is 12.8. The Bertz CT molecular complexity index is 707. The summed E-state index contributed by atoms with van der Waals surface area (Å²) in [6.07, 6.45) is 1.63. The molecule has 4 nitrogen and oxygen atoms in total. The van der Waals surface area contributed by atoms with E-state index in [0.29, 0.717) is 22.1 Å². The molecule has 0 aliphatic heterocycles. The van der Waals surface area contributed by atoms with Crippen molar-refractivity contribution in [1.29, 1.82) is 0 Å². The van der Waals surface area contributed by atoms with Crippen molar-refractivity contribution in [3.8, 4) is 0 Å². The smallest absolute Gasteiger partial charge is 0.259 e. The lowest BCUT2D eigenvalue weighted by Gasteiger charge is -2.12. The van der Waals surface area contributed by atoms with Crippen molar-refractivity contribution >= 4 is 60.9 Å². The van der Waals surface area contributed by atoms with Gasteiger partial charge in [-0.1, -0.05) is 11.6 Å². The molecule has 0 aliphatic rings. The summed E-state index contributed by atoms with van der Waals surface area (Å²) in [6, 6.07) is 5.28. The standard InChI is InChI=1S/C14H12Br2ClN3O/c1-7-3-10(16)12(5-11(7)17)20-14(21)9-4-8(15)6-19-13(9)18-2/h3-6H,1-2H3,(H,18,19)(H,20,21). The number of hydrogen-bond acceptors (Lipinski definition) is 3. The lowest BCUT2D eigenvalue weighted by Crippen LogP contribution is -2.15. The first-order chi connectivity index (χ1) is 9.92. The molecule has 0 unspecified atom stereocenters. The Kier molecular flexibility index (Phi) is 5.24. The van der Waals surface area contributed by atoms with Crippen LogP contribution in [0.5, 0.6) is 0 Å². The molecule has 1 heterocycles. The van der Waals surface area contributed by atoms with E-state index in [4.69, 9.17) is 11.6 Å². The van der Waals surface area contributed by atoms with E-state index >= 15 is 0 Å². The number of anilines is 2. The zero-order valence-electron chi connectivity index (χ0n) is 11.3. The van der Waals surface area contributed by atoms with Crippen molar-refractivity contribution in [3.05, 3.63) is 49.5 Å². The van der Waals surface area contributed by atoms with Gasteiger partial charge < -0.3 is 10.6 Å². The van der Waals surface area contributed by atoms with Crippen molar-refractivity contribution in [1.82, 2.24) is 4.98 Å². The number of halogens is 3. The van der Waals surface area contributed by atoms with Gasteiger partial charge in [-0.05, 0) is 62.5 Å². The summed E-state index contributed by atoms with van der Waals surface area (Å²) in [7, 11) is 1.71. The van der Waals surface area contributed by atoms with Crippen LogP contribution in [0.3, 0.4) is 0 Å². The first-order valence-corrected chi connectivity index (χ1v) is 7.99. The van der Waals surface area contributed by atoms with Crippen LogP contribution in [-0.2, 0) is 0 Å². The van der Waals surface area contributed by atoms with Gasteiger partial charge in [0.15, 0.2) is 0 Å². The van der Waals surface area contributed by atoms with E-state index in [1.807, 2.05) is 13.0 Å². The fourth-order valence-corrected chi connectivity index (χ4v) is 2.80. The number of amides is 1. The van der Waals surface area contributed by atoms with Gasteiger partial charge in [-0.2, -0.15) is 0 Å². The predicted octanol–water partition coefficient (Wildman–Crippen LogP) is 4.86. The Hall–Kier alpha value is -1.11. The summed E-state index contributed by atoms with van der Waals surface area (Å²) < 4.78 is 1.50. The van der Waals surface area contributed by atoms with E-state index in [0.717, 1.165) is 14.5 Å². The zero-order valence-corrected chi connectivity index (χ0v) is 15.2. The van der Waals surface area contributed by atoms with Crippen molar-refractivity contribution in [3.63, 3.8) is 0 Å². The number of nitrogens with one attached hydrogen (secondary N) is 2. The molecular formula is C14H12Br2ClN3O. The Morgan fingerprint density at radius 3 is 2.67 bits per heavy atom. The molecule has 21 heavy (non-hydrogen) atoms. The number of carbonyl (C=O) groups excluding carboxylic acids is 1. The molecule has 110 valence electrons. The van der Waals surface area contributed by atoms with E-state index in [2.05, 4.69) is 47.5 Å². The molecule has 2 aromatic rings. The number of aromatic nitrogens is 1. The Balaban J connectivity index is 2.34. The van der Waals surface area contributed by atoms with Crippen LogP contribution in [0, 0.1) is 6.92 Å². The normalized spacial score (nSPS) is 10.3. The van der Waals surface area contributed by atoms with Gasteiger partial charge in [0, 0.05) is 27.2 Å². The Morgan fingerprint density at radius 2 is 2.00 bits per heavy atom. The molecule has 0 saturated carbocycles. The molecule has 0 radical (unpaired) electrons. The summed E-state index contributed by atoms with van der Waals surface area (Å²) in [5, 5.41) is 6.31. The molecule has 2 N–H and O–H groups in total. The fourth-order valence-electron chi connectivity index (χ4n) is 1.74. The van der Waals surface area contributed by atoms with Crippen molar-refractivity contribution in [2.45, 2.75) is 6.92 Å². The monoisotopic (exact) mass is 431 g/mol. The van der Waals surface area contributed by atoms with Gasteiger partial charge in [-0.3, -0.25) is 4.79 Å². The van der Waals surface area contributed by atoms with Gasteiger partial charge in [0.25, 0.3) is 5.91 Å². The number of nitrogens with zero attached hydrogens (tertiary/aromatic N) is 1. The molecule has 0 aliphatic carbocycles. The minimum absolute atomic E-state index is 0.270. The Labute approximate surface area is 144 Å². The zero-order chi connectivity index (χ0) is 15.6. The maximum Gasteiger partial charge on any atom is 0.259 e. The van der Waals surface area contributed by atoms with Crippen LogP contribution in [0.4, 0.5) is 11.5 Å². The van der Waals surface area contributed by atoms with Crippen LogP contribution >= 0.6 is 43.5 Å². The van der Waals surface area contributed by atoms with Crippen LogP contribution < -0.4 is 10.6 Å². The van der Waals surface area contributed by atoms with E-state index in [9.17, 15) is 4.79 Å². The lowest BCUT2D eigenvalue weighted by atomic mass is 10.2. The second kappa shape index (κ2) is 6.77. The van der Waals surface area contributed by atoms with Crippen LogP contribution in [-0.4, -0.2) is 17.9 Å². The second-order valence-electron chi connectivity index (χ2n) is 4.34. The number of benzene rings is 1. The van der Waals surface area contributed by atoms with Gasteiger partial charge >= 0.3 is 0 Å². The highest BCUT2D eigenvalue weighted by Crippen LogP contribution is 2.30. The SMILES string of the molecule is CNc1ncc(Br)cc1C(=O)Nc1cc(Cl)c(C)cc1Br. The third-order valence-electron chi connectivity index (χ3n) is 2.83. The maximum absolute atomic E-state index is 12.4. The minimum atomic E-state index is -0.270. The molecule has 0 spiro atoms. The van der Waals surface area contributed by atoms with Crippen LogP contribution in [0.1, 0.15) is 15.9 Å². The third-order valence-corrected chi connectivity index (χ3v) is 4.33. The first-order valence-electron chi connectivity index (χ1n) is 6.02. The molecular weight excluding hydrogens is 421 g/mol. The van der Waals surface area contributed by atoms with E-state index < -0.39 is 0 Å². The van der Waals surface area contributed by atoms with E-state index in [1.165, 1.54) is 0 Å². The van der Waals surface area contributed by atoms with E-state index in [-0.39, 0.29) is 5.91 Å². The molecule has 0 saturated heterocycles. The number of pyridine rings is 1. The second-order valence-corrected chi connectivity index (χ2v) is 6.51. The Morgan fingerprint density at radius 1 is 1.29 bits per heavy atom. The quantitative estimate of drug-likeness (QED) is 0.727. The topological polar surface area (TPSA) is 54.0 Å².